The van der Waals surface area contributed by atoms with E-state index in [1.807, 2.05) is 29.0 Å². The van der Waals surface area contributed by atoms with Crippen LogP contribution in [-0.2, 0) is 6.54 Å². The first-order chi connectivity index (χ1) is 10.7. The van der Waals surface area contributed by atoms with Crippen molar-refractivity contribution in [3.63, 3.8) is 0 Å². The Hall–Kier alpha value is -2.28. The molecule has 0 unspecified atom stereocenters. The van der Waals surface area contributed by atoms with E-state index >= 15 is 0 Å². The van der Waals surface area contributed by atoms with E-state index in [2.05, 4.69) is 23.2 Å². The Morgan fingerprint density at radius 2 is 1.82 bits per heavy atom. The quantitative estimate of drug-likeness (QED) is 0.694. The van der Waals surface area contributed by atoms with Gasteiger partial charge in [-0.25, -0.2) is 4.98 Å². The van der Waals surface area contributed by atoms with E-state index in [1.165, 1.54) is 5.56 Å². The molecular formula is C17H11Cl2N3. The zero-order valence-electron chi connectivity index (χ0n) is 11.5. The maximum absolute atomic E-state index is 9.25. The summed E-state index contributed by atoms with van der Waals surface area (Å²) >= 11 is 12.0. The Morgan fingerprint density at radius 3 is 2.55 bits per heavy atom. The van der Waals surface area contributed by atoms with Gasteiger partial charge in [-0.15, -0.1) is 0 Å². The predicted octanol–water partition coefficient (Wildman–Crippen LogP) is 4.78. The molecule has 3 aromatic rings. The van der Waals surface area contributed by atoms with Crippen molar-refractivity contribution in [3.05, 3.63) is 76.2 Å². The van der Waals surface area contributed by atoms with Crippen LogP contribution in [0, 0.1) is 11.3 Å². The maximum Gasteiger partial charge on any atom is 0.0999 e. The van der Waals surface area contributed by atoms with Gasteiger partial charge in [-0.2, -0.15) is 5.26 Å². The average Bonchev–Trinajstić information content (AvgIpc) is 2.99. The fourth-order valence-electron chi connectivity index (χ4n) is 2.23. The molecule has 3 rings (SSSR count). The summed E-state index contributed by atoms with van der Waals surface area (Å²) in [5.74, 6) is 0. The van der Waals surface area contributed by atoms with Crippen LogP contribution in [0.1, 0.15) is 11.1 Å². The second-order valence-corrected chi connectivity index (χ2v) is 5.65. The first-order valence-electron chi connectivity index (χ1n) is 6.62. The Morgan fingerprint density at radius 1 is 1.09 bits per heavy atom. The molecule has 2 aromatic carbocycles. The van der Waals surface area contributed by atoms with E-state index in [4.69, 9.17) is 23.2 Å². The Balaban J connectivity index is 1.95. The van der Waals surface area contributed by atoms with Crippen molar-refractivity contribution < 1.29 is 0 Å². The molecule has 0 radical (unpaired) electrons. The minimum atomic E-state index is 0.366. The summed E-state index contributed by atoms with van der Waals surface area (Å²) in [6.45, 7) is 0.719. The molecule has 0 bridgehead atoms. The van der Waals surface area contributed by atoms with Crippen LogP contribution in [0.2, 0.25) is 10.0 Å². The highest BCUT2D eigenvalue weighted by atomic mass is 35.5. The van der Waals surface area contributed by atoms with Gasteiger partial charge >= 0.3 is 0 Å². The largest absolute Gasteiger partial charge is 0.332 e. The highest BCUT2D eigenvalue weighted by molar-refractivity contribution is 6.42. The van der Waals surface area contributed by atoms with Crippen LogP contribution in [-0.4, -0.2) is 9.55 Å². The Labute approximate surface area is 138 Å². The second-order valence-electron chi connectivity index (χ2n) is 4.84. The van der Waals surface area contributed by atoms with E-state index in [9.17, 15) is 5.26 Å². The first-order valence-corrected chi connectivity index (χ1v) is 7.38. The molecule has 0 saturated carbocycles. The SMILES string of the molecule is N#Cc1cc(Cl)c(Cl)cc1-c1cn(Cc2ccccc2)cn1. The number of nitriles is 1. The molecule has 1 heterocycles. The van der Waals surface area contributed by atoms with Gasteiger partial charge in [0.15, 0.2) is 0 Å². The molecule has 0 aliphatic rings. The summed E-state index contributed by atoms with van der Waals surface area (Å²) in [7, 11) is 0. The summed E-state index contributed by atoms with van der Waals surface area (Å²) in [4.78, 5) is 4.37. The number of nitrogens with zero attached hydrogens (tertiary/aromatic N) is 3. The Kier molecular flexibility index (Phi) is 4.15. The lowest BCUT2D eigenvalue weighted by atomic mass is 10.1. The van der Waals surface area contributed by atoms with Gasteiger partial charge in [-0.05, 0) is 17.7 Å². The monoisotopic (exact) mass is 327 g/mol. The van der Waals surface area contributed by atoms with E-state index in [-0.39, 0.29) is 0 Å². The normalized spacial score (nSPS) is 10.4. The zero-order valence-corrected chi connectivity index (χ0v) is 13.0. The molecular weight excluding hydrogens is 317 g/mol. The number of halogens is 2. The van der Waals surface area contributed by atoms with Gasteiger partial charge in [0.25, 0.3) is 0 Å². The molecule has 0 spiro atoms. The van der Waals surface area contributed by atoms with Gasteiger partial charge in [0.05, 0.1) is 33.7 Å². The van der Waals surface area contributed by atoms with E-state index in [0.717, 1.165) is 6.54 Å². The van der Waals surface area contributed by atoms with Crippen molar-refractivity contribution in [1.82, 2.24) is 9.55 Å². The second kappa shape index (κ2) is 6.23. The van der Waals surface area contributed by atoms with Gasteiger partial charge in [-0.1, -0.05) is 53.5 Å². The fourth-order valence-corrected chi connectivity index (χ4v) is 2.56. The van der Waals surface area contributed by atoms with Crippen LogP contribution in [0.5, 0.6) is 0 Å². The summed E-state index contributed by atoms with van der Waals surface area (Å²) < 4.78 is 1.97. The van der Waals surface area contributed by atoms with Gasteiger partial charge in [0.2, 0.25) is 0 Å². The molecule has 0 aliphatic heterocycles. The lowest BCUT2D eigenvalue weighted by Gasteiger charge is -2.04. The van der Waals surface area contributed by atoms with Crippen molar-refractivity contribution in [3.8, 4) is 17.3 Å². The van der Waals surface area contributed by atoms with Crippen LogP contribution in [0.4, 0.5) is 0 Å². The number of hydrogen-bond acceptors (Lipinski definition) is 2. The third-order valence-electron chi connectivity index (χ3n) is 3.30. The Bertz CT molecular complexity index is 848. The number of benzene rings is 2. The summed E-state index contributed by atoms with van der Waals surface area (Å²) in [5.41, 5.74) is 3.02. The van der Waals surface area contributed by atoms with E-state index in [1.54, 1.807) is 18.5 Å². The molecule has 0 aliphatic carbocycles. The van der Waals surface area contributed by atoms with Crippen molar-refractivity contribution >= 4 is 23.2 Å². The molecule has 108 valence electrons. The molecule has 0 saturated heterocycles. The molecule has 0 amide bonds. The minimum absolute atomic E-state index is 0.366. The predicted molar refractivity (Wildman–Crippen MR) is 87.9 cm³/mol. The topological polar surface area (TPSA) is 41.6 Å². The number of rotatable bonds is 3. The van der Waals surface area contributed by atoms with Crippen LogP contribution in [0.25, 0.3) is 11.3 Å². The lowest BCUT2D eigenvalue weighted by molar-refractivity contribution is 0.797. The van der Waals surface area contributed by atoms with E-state index < -0.39 is 0 Å². The standard InChI is InChI=1S/C17H11Cl2N3/c18-15-6-13(8-20)14(7-16(15)19)17-10-22(11-21-17)9-12-4-2-1-3-5-12/h1-7,10-11H,9H2. The summed E-state index contributed by atoms with van der Waals surface area (Å²) in [6, 6.07) is 15.5. The molecule has 5 heteroatoms. The highest BCUT2D eigenvalue weighted by Crippen LogP contribution is 2.31. The van der Waals surface area contributed by atoms with Crippen LogP contribution in [0.3, 0.4) is 0 Å². The third kappa shape index (κ3) is 2.99. The van der Waals surface area contributed by atoms with Gasteiger partial charge < -0.3 is 4.57 Å². The van der Waals surface area contributed by atoms with Crippen molar-refractivity contribution in [2.24, 2.45) is 0 Å². The molecule has 22 heavy (non-hydrogen) atoms. The highest BCUT2D eigenvalue weighted by Gasteiger charge is 2.12. The maximum atomic E-state index is 9.25. The van der Waals surface area contributed by atoms with Crippen molar-refractivity contribution in [1.29, 1.82) is 5.26 Å². The van der Waals surface area contributed by atoms with Crippen molar-refractivity contribution in [2.75, 3.05) is 0 Å². The van der Waals surface area contributed by atoms with Crippen LogP contribution >= 0.6 is 23.2 Å². The van der Waals surface area contributed by atoms with Gasteiger partial charge in [0.1, 0.15) is 0 Å². The van der Waals surface area contributed by atoms with Gasteiger partial charge in [0, 0.05) is 18.3 Å². The minimum Gasteiger partial charge on any atom is -0.332 e. The third-order valence-corrected chi connectivity index (χ3v) is 4.02. The summed E-state index contributed by atoms with van der Waals surface area (Å²) in [5, 5.41) is 10.0. The molecule has 0 fully saturated rings. The lowest BCUT2D eigenvalue weighted by Crippen LogP contribution is -1.95. The zero-order chi connectivity index (χ0) is 15.5. The van der Waals surface area contributed by atoms with Gasteiger partial charge in [-0.3, -0.25) is 0 Å². The number of hydrogen-bond donors (Lipinski definition) is 0. The smallest absolute Gasteiger partial charge is 0.0999 e. The number of aromatic nitrogens is 2. The van der Waals surface area contributed by atoms with Crippen molar-refractivity contribution in [2.45, 2.75) is 6.54 Å². The van der Waals surface area contributed by atoms with Crippen LogP contribution in [0.15, 0.2) is 55.0 Å². The molecule has 3 nitrogen and oxygen atoms in total. The fraction of sp³-hybridized carbons (Fsp3) is 0.0588. The molecule has 1 aromatic heterocycles. The molecule has 0 atom stereocenters. The number of imidazole rings is 1. The van der Waals surface area contributed by atoms with Crippen LogP contribution < -0.4 is 0 Å². The molecule has 0 N–H and O–H groups in total. The first kappa shape index (κ1) is 14.6. The average molecular weight is 328 g/mol. The summed E-state index contributed by atoms with van der Waals surface area (Å²) in [6.07, 6.45) is 3.64. The van der Waals surface area contributed by atoms with E-state index in [0.29, 0.717) is 26.9 Å².